The molecule has 104 valence electrons. The highest BCUT2D eigenvalue weighted by Gasteiger charge is 2.13. The van der Waals surface area contributed by atoms with Gasteiger partial charge in [0.05, 0.1) is 18.7 Å². The number of rotatable bonds is 7. The second-order valence-corrected chi connectivity index (χ2v) is 4.88. The largest absolute Gasteiger partial charge is 0.496 e. The molecule has 0 spiro atoms. The number of methoxy groups -OCH3 is 1. The summed E-state index contributed by atoms with van der Waals surface area (Å²) >= 11 is 0. The van der Waals surface area contributed by atoms with Gasteiger partial charge in [-0.2, -0.15) is 5.26 Å². The zero-order valence-corrected chi connectivity index (χ0v) is 11.8. The lowest BCUT2D eigenvalue weighted by Crippen LogP contribution is -2.34. The van der Waals surface area contributed by atoms with Crippen molar-refractivity contribution in [3.63, 3.8) is 0 Å². The van der Waals surface area contributed by atoms with Gasteiger partial charge in [0, 0.05) is 24.8 Å². The van der Waals surface area contributed by atoms with Crippen molar-refractivity contribution >= 4 is 0 Å². The van der Waals surface area contributed by atoms with Gasteiger partial charge >= 0.3 is 0 Å². The van der Waals surface area contributed by atoms with E-state index in [-0.39, 0.29) is 12.6 Å². The maximum atomic E-state index is 9.06. The summed E-state index contributed by atoms with van der Waals surface area (Å²) in [6, 6.07) is 7.77. The van der Waals surface area contributed by atoms with E-state index in [9.17, 15) is 0 Å². The van der Waals surface area contributed by atoms with Crippen LogP contribution in [-0.4, -0.2) is 24.9 Å². The number of nitrogens with one attached hydrogen (secondary N) is 1. The Labute approximate surface area is 115 Å². The van der Waals surface area contributed by atoms with Crippen LogP contribution in [-0.2, 0) is 6.54 Å². The highest BCUT2D eigenvalue weighted by Crippen LogP contribution is 2.20. The fourth-order valence-corrected chi connectivity index (χ4v) is 2.04. The van der Waals surface area contributed by atoms with E-state index >= 15 is 0 Å². The molecule has 1 aromatic carbocycles. The fourth-order valence-electron chi connectivity index (χ4n) is 2.04. The first-order valence-corrected chi connectivity index (χ1v) is 6.53. The number of ether oxygens (including phenoxy) is 1. The summed E-state index contributed by atoms with van der Waals surface area (Å²) in [5.74, 6) is 1.22. The maximum absolute atomic E-state index is 9.06. The number of hydrogen-bond donors (Lipinski definition) is 2. The van der Waals surface area contributed by atoms with Crippen molar-refractivity contribution < 1.29 is 9.84 Å². The van der Waals surface area contributed by atoms with Gasteiger partial charge in [-0.25, -0.2) is 0 Å². The Balaban J connectivity index is 2.77. The third-order valence-electron chi connectivity index (χ3n) is 3.21. The molecular formula is C15H22N2O2. The van der Waals surface area contributed by atoms with Gasteiger partial charge in [0.25, 0.3) is 0 Å². The van der Waals surface area contributed by atoms with Gasteiger partial charge in [-0.05, 0) is 30.5 Å². The highest BCUT2D eigenvalue weighted by molar-refractivity contribution is 5.42. The monoisotopic (exact) mass is 262 g/mol. The molecule has 0 aliphatic carbocycles. The summed E-state index contributed by atoms with van der Waals surface area (Å²) in [4.78, 5) is 0. The smallest absolute Gasteiger partial charge is 0.123 e. The average molecular weight is 262 g/mol. The molecule has 0 aromatic heterocycles. The first-order valence-electron chi connectivity index (χ1n) is 6.53. The van der Waals surface area contributed by atoms with Crippen LogP contribution < -0.4 is 10.1 Å². The summed E-state index contributed by atoms with van der Waals surface area (Å²) in [5.41, 5.74) is 1.59. The fraction of sp³-hybridized carbons (Fsp3) is 0.533. The lowest BCUT2D eigenvalue weighted by Gasteiger charge is -2.22. The maximum Gasteiger partial charge on any atom is 0.123 e. The van der Waals surface area contributed by atoms with Gasteiger partial charge in [0.15, 0.2) is 0 Å². The van der Waals surface area contributed by atoms with Crippen molar-refractivity contribution in [2.75, 3.05) is 13.7 Å². The van der Waals surface area contributed by atoms with E-state index in [1.165, 1.54) is 0 Å². The van der Waals surface area contributed by atoms with Gasteiger partial charge in [-0.3, -0.25) is 0 Å². The van der Waals surface area contributed by atoms with Crippen LogP contribution >= 0.6 is 0 Å². The molecule has 1 aromatic rings. The predicted octanol–water partition coefficient (Wildman–Crippen LogP) is 2.06. The molecule has 19 heavy (non-hydrogen) atoms. The van der Waals surface area contributed by atoms with Crippen LogP contribution in [0.2, 0.25) is 0 Å². The minimum absolute atomic E-state index is 0.172. The summed E-state index contributed by atoms with van der Waals surface area (Å²) < 4.78 is 5.30. The van der Waals surface area contributed by atoms with Crippen LogP contribution in [0, 0.1) is 17.2 Å². The van der Waals surface area contributed by atoms with Gasteiger partial charge in [-0.15, -0.1) is 0 Å². The second kappa shape index (κ2) is 7.78. The minimum atomic E-state index is 0.172. The van der Waals surface area contributed by atoms with Crippen molar-refractivity contribution in [1.29, 1.82) is 5.26 Å². The third-order valence-corrected chi connectivity index (χ3v) is 3.21. The summed E-state index contributed by atoms with van der Waals surface area (Å²) in [7, 11) is 1.62. The minimum Gasteiger partial charge on any atom is -0.496 e. The Morgan fingerprint density at radius 1 is 1.42 bits per heavy atom. The summed E-state index contributed by atoms with van der Waals surface area (Å²) in [6.45, 7) is 5.04. The van der Waals surface area contributed by atoms with E-state index in [0.717, 1.165) is 17.7 Å². The molecule has 0 saturated carbocycles. The molecule has 1 unspecified atom stereocenters. The molecule has 0 aliphatic rings. The van der Waals surface area contributed by atoms with Crippen molar-refractivity contribution in [3.05, 3.63) is 29.3 Å². The van der Waals surface area contributed by atoms with Crippen molar-refractivity contribution in [3.8, 4) is 11.8 Å². The average Bonchev–Trinajstić information content (AvgIpc) is 2.42. The van der Waals surface area contributed by atoms with Crippen LogP contribution in [0.4, 0.5) is 0 Å². The van der Waals surface area contributed by atoms with E-state index in [2.05, 4.69) is 25.2 Å². The Morgan fingerprint density at radius 3 is 2.68 bits per heavy atom. The molecule has 1 atom stereocenters. The van der Waals surface area contributed by atoms with E-state index in [0.29, 0.717) is 18.0 Å². The molecule has 0 heterocycles. The predicted molar refractivity (Wildman–Crippen MR) is 74.9 cm³/mol. The van der Waals surface area contributed by atoms with E-state index in [1.807, 2.05) is 12.1 Å². The zero-order valence-electron chi connectivity index (χ0n) is 11.8. The number of nitrogens with zero attached hydrogens (tertiary/aromatic N) is 1. The Hall–Kier alpha value is -1.57. The number of hydrogen-bond acceptors (Lipinski definition) is 4. The zero-order chi connectivity index (χ0) is 14.3. The standard InChI is InChI=1S/C15H22N2O2/c1-11(2)14(6-7-18)17-10-13-8-12(9-16)4-5-15(13)19-3/h4-5,8,11,14,17-18H,6-7,10H2,1-3H3. The normalized spacial score (nSPS) is 12.2. The Morgan fingerprint density at radius 2 is 2.16 bits per heavy atom. The molecule has 2 N–H and O–H groups in total. The lowest BCUT2D eigenvalue weighted by atomic mass is 10.0. The van der Waals surface area contributed by atoms with Crippen molar-refractivity contribution in [2.24, 2.45) is 5.92 Å². The molecule has 0 amide bonds. The van der Waals surface area contributed by atoms with Crippen LogP contribution in [0.1, 0.15) is 31.4 Å². The van der Waals surface area contributed by atoms with Crippen molar-refractivity contribution in [2.45, 2.75) is 32.9 Å². The highest BCUT2D eigenvalue weighted by atomic mass is 16.5. The molecule has 0 fully saturated rings. The van der Waals surface area contributed by atoms with Crippen molar-refractivity contribution in [1.82, 2.24) is 5.32 Å². The van der Waals surface area contributed by atoms with Crippen LogP contribution in [0.25, 0.3) is 0 Å². The molecule has 0 radical (unpaired) electrons. The van der Waals surface area contributed by atoms with Gasteiger partial charge in [0.2, 0.25) is 0 Å². The Kier molecular flexibility index (Phi) is 6.34. The molecule has 4 heteroatoms. The molecule has 0 bridgehead atoms. The molecular weight excluding hydrogens is 240 g/mol. The quantitative estimate of drug-likeness (QED) is 0.789. The summed E-state index contributed by atoms with van der Waals surface area (Å²) in [6.07, 6.45) is 0.720. The first-order chi connectivity index (χ1) is 9.12. The van der Waals surface area contributed by atoms with E-state index in [4.69, 9.17) is 15.1 Å². The van der Waals surface area contributed by atoms with Gasteiger partial charge in [0.1, 0.15) is 5.75 Å². The molecule has 0 aliphatic heterocycles. The summed E-state index contributed by atoms with van der Waals surface area (Å²) in [5, 5.41) is 21.4. The van der Waals surface area contributed by atoms with Crippen LogP contribution in [0.3, 0.4) is 0 Å². The number of aliphatic hydroxyl groups excluding tert-OH is 1. The molecule has 1 rings (SSSR count). The first kappa shape index (κ1) is 15.5. The van der Waals surface area contributed by atoms with Gasteiger partial charge in [-0.1, -0.05) is 13.8 Å². The number of aliphatic hydroxyl groups is 1. The molecule has 4 nitrogen and oxygen atoms in total. The van der Waals surface area contributed by atoms with Crippen LogP contribution in [0.15, 0.2) is 18.2 Å². The molecule has 0 saturated heterocycles. The van der Waals surface area contributed by atoms with E-state index in [1.54, 1.807) is 13.2 Å². The topological polar surface area (TPSA) is 65.3 Å². The third kappa shape index (κ3) is 4.55. The van der Waals surface area contributed by atoms with E-state index < -0.39 is 0 Å². The lowest BCUT2D eigenvalue weighted by molar-refractivity contribution is 0.243. The SMILES string of the molecule is COc1ccc(C#N)cc1CNC(CCO)C(C)C. The van der Waals surface area contributed by atoms with Crippen LogP contribution in [0.5, 0.6) is 5.75 Å². The number of benzene rings is 1. The van der Waals surface area contributed by atoms with Gasteiger partial charge < -0.3 is 15.2 Å². The Bertz CT molecular complexity index is 438. The second-order valence-electron chi connectivity index (χ2n) is 4.88. The number of nitriles is 1.